The molecule has 0 saturated carbocycles. The van der Waals surface area contributed by atoms with E-state index in [0.29, 0.717) is 6.42 Å². The van der Waals surface area contributed by atoms with E-state index in [0.717, 1.165) is 25.8 Å². The summed E-state index contributed by atoms with van der Waals surface area (Å²) in [5, 5.41) is 11.8. The summed E-state index contributed by atoms with van der Waals surface area (Å²) in [4.78, 5) is 14.1. The van der Waals surface area contributed by atoms with E-state index in [1.54, 1.807) is 0 Å². The minimum absolute atomic E-state index is 0.00364. The van der Waals surface area contributed by atoms with Gasteiger partial charge in [0, 0.05) is 24.8 Å². The van der Waals surface area contributed by atoms with Gasteiger partial charge < -0.3 is 10.4 Å². The molecule has 1 fully saturated rings. The first-order valence-electron chi connectivity index (χ1n) is 8.16. The maximum absolute atomic E-state index is 13.5. The van der Waals surface area contributed by atoms with Gasteiger partial charge in [0.15, 0.2) is 0 Å². The number of aliphatic hydroxyl groups excluding tert-OH is 1. The molecule has 128 valence electrons. The van der Waals surface area contributed by atoms with Crippen LogP contribution in [0.5, 0.6) is 0 Å². The standard InChI is InChI=1S/C17H24F2N2O2/c18-15-5-3-6-16(19)14(15)7-9-20-17(23)12-21-10-2-1-4-13(21)8-11-22/h3,5-6,13,22H,1-2,4,7-12H2,(H,20,23). The summed E-state index contributed by atoms with van der Waals surface area (Å²) in [5.41, 5.74) is 0.00364. The monoisotopic (exact) mass is 326 g/mol. The minimum Gasteiger partial charge on any atom is -0.396 e. The van der Waals surface area contributed by atoms with Gasteiger partial charge in [-0.15, -0.1) is 0 Å². The predicted molar refractivity (Wildman–Crippen MR) is 84.0 cm³/mol. The van der Waals surface area contributed by atoms with Gasteiger partial charge in [0.05, 0.1) is 6.54 Å². The summed E-state index contributed by atoms with van der Waals surface area (Å²) >= 11 is 0. The summed E-state index contributed by atoms with van der Waals surface area (Å²) < 4.78 is 27.0. The Hall–Kier alpha value is -1.53. The van der Waals surface area contributed by atoms with Crippen LogP contribution < -0.4 is 5.32 Å². The van der Waals surface area contributed by atoms with Gasteiger partial charge in [-0.2, -0.15) is 0 Å². The fourth-order valence-corrected chi connectivity index (χ4v) is 3.08. The molecule has 1 saturated heterocycles. The number of amides is 1. The maximum Gasteiger partial charge on any atom is 0.234 e. The first kappa shape index (κ1) is 17.8. The second kappa shape index (κ2) is 8.93. The number of aliphatic hydroxyl groups is 1. The molecule has 1 unspecified atom stereocenters. The number of likely N-dealkylation sites (tertiary alicyclic amines) is 1. The Kier molecular flexibility index (Phi) is 6.92. The zero-order valence-electron chi connectivity index (χ0n) is 13.2. The molecule has 4 nitrogen and oxygen atoms in total. The van der Waals surface area contributed by atoms with Crippen LogP contribution in [-0.2, 0) is 11.2 Å². The summed E-state index contributed by atoms with van der Waals surface area (Å²) in [6.45, 7) is 1.44. The van der Waals surface area contributed by atoms with Crippen LogP contribution in [0.15, 0.2) is 18.2 Å². The zero-order chi connectivity index (χ0) is 16.7. The summed E-state index contributed by atoms with van der Waals surface area (Å²) in [6.07, 6.45) is 3.97. The lowest BCUT2D eigenvalue weighted by atomic mass is 10.00. The van der Waals surface area contributed by atoms with E-state index < -0.39 is 11.6 Å². The first-order valence-corrected chi connectivity index (χ1v) is 8.16. The van der Waals surface area contributed by atoms with Crippen molar-refractivity contribution in [2.24, 2.45) is 0 Å². The fraction of sp³-hybridized carbons (Fsp3) is 0.588. The predicted octanol–water partition coefficient (Wildman–Crippen LogP) is 1.86. The number of rotatable bonds is 7. The third-order valence-corrected chi connectivity index (χ3v) is 4.32. The number of nitrogens with zero attached hydrogens (tertiary/aromatic N) is 1. The second-order valence-electron chi connectivity index (χ2n) is 5.93. The van der Waals surface area contributed by atoms with Crippen molar-refractivity contribution in [3.8, 4) is 0 Å². The average Bonchev–Trinajstić information content (AvgIpc) is 2.52. The van der Waals surface area contributed by atoms with Crippen LogP contribution in [0.2, 0.25) is 0 Å². The van der Waals surface area contributed by atoms with Gasteiger partial charge in [-0.1, -0.05) is 12.5 Å². The largest absolute Gasteiger partial charge is 0.396 e. The SMILES string of the molecule is O=C(CN1CCCCC1CCO)NCCc1c(F)cccc1F. The van der Waals surface area contributed by atoms with Crippen molar-refractivity contribution in [3.63, 3.8) is 0 Å². The van der Waals surface area contributed by atoms with Gasteiger partial charge >= 0.3 is 0 Å². The van der Waals surface area contributed by atoms with Crippen LogP contribution >= 0.6 is 0 Å². The molecule has 6 heteroatoms. The van der Waals surface area contributed by atoms with E-state index in [1.807, 2.05) is 0 Å². The molecule has 1 aliphatic heterocycles. The van der Waals surface area contributed by atoms with Gasteiger partial charge in [0.1, 0.15) is 11.6 Å². The number of carbonyl (C=O) groups excluding carboxylic acids is 1. The van der Waals surface area contributed by atoms with Crippen molar-refractivity contribution in [2.45, 2.75) is 38.1 Å². The molecule has 1 atom stereocenters. The highest BCUT2D eigenvalue weighted by Gasteiger charge is 2.23. The van der Waals surface area contributed by atoms with Crippen molar-refractivity contribution < 1.29 is 18.7 Å². The quantitative estimate of drug-likeness (QED) is 0.804. The van der Waals surface area contributed by atoms with Gasteiger partial charge in [-0.05, 0) is 44.4 Å². The number of hydrogen-bond donors (Lipinski definition) is 2. The van der Waals surface area contributed by atoms with Crippen molar-refractivity contribution in [2.75, 3.05) is 26.2 Å². The van der Waals surface area contributed by atoms with Gasteiger partial charge in [-0.3, -0.25) is 9.69 Å². The number of nitrogens with one attached hydrogen (secondary N) is 1. The first-order chi connectivity index (χ1) is 11.1. The highest BCUT2D eigenvalue weighted by atomic mass is 19.1. The van der Waals surface area contributed by atoms with E-state index in [1.165, 1.54) is 18.2 Å². The molecular weight excluding hydrogens is 302 g/mol. The van der Waals surface area contributed by atoms with E-state index in [9.17, 15) is 13.6 Å². The topological polar surface area (TPSA) is 52.6 Å². The van der Waals surface area contributed by atoms with Crippen molar-refractivity contribution in [3.05, 3.63) is 35.4 Å². The van der Waals surface area contributed by atoms with Crippen LogP contribution in [0.1, 0.15) is 31.2 Å². The van der Waals surface area contributed by atoms with Crippen molar-refractivity contribution in [1.82, 2.24) is 10.2 Å². The minimum atomic E-state index is -0.585. The molecule has 1 aliphatic rings. The maximum atomic E-state index is 13.5. The normalized spacial score (nSPS) is 18.8. The molecule has 0 radical (unpaired) electrons. The fourth-order valence-electron chi connectivity index (χ4n) is 3.08. The Bertz CT molecular complexity index is 503. The van der Waals surface area contributed by atoms with Crippen LogP contribution in [0.4, 0.5) is 8.78 Å². The van der Waals surface area contributed by atoms with Crippen LogP contribution in [0.3, 0.4) is 0 Å². The number of carbonyl (C=O) groups is 1. The zero-order valence-corrected chi connectivity index (χ0v) is 13.2. The summed E-state index contributed by atoms with van der Waals surface area (Å²) in [7, 11) is 0. The van der Waals surface area contributed by atoms with Crippen LogP contribution in [0.25, 0.3) is 0 Å². The van der Waals surface area contributed by atoms with Crippen molar-refractivity contribution >= 4 is 5.91 Å². The third kappa shape index (κ3) is 5.25. The number of piperidine rings is 1. The molecular formula is C17H24F2N2O2. The molecule has 2 N–H and O–H groups in total. The molecule has 1 aromatic carbocycles. The number of halogens is 2. The summed E-state index contributed by atoms with van der Waals surface area (Å²) in [5.74, 6) is -1.32. The van der Waals surface area contributed by atoms with Gasteiger partial charge in [0.25, 0.3) is 0 Å². The molecule has 0 aromatic heterocycles. The second-order valence-corrected chi connectivity index (χ2v) is 5.93. The highest BCUT2D eigenvalue weighted by Crippen LogP contribution is 2.19. The highest BCUT2D eigenvalue weighted by molar-refractivity contribution is 5.78. The smallest absolute Gasteiger partial charge is 0.234 e. The molecule has 1 heterocycles. The molecule has 0 aliphatic carbocycles. The van der Waals surface area contributed by atoms with E-state index in [2.05, 4.69) is 10.2 Å². The molecule has 1 aromatic rings. The number of benzene rings is 1. The molecule has 23 heavy (non-hydrogen) atoms. The Balaban J connectivity index is 1.78. The third-order valence-electron chi connectivity index (χ3n) is 4.32. The molecule has 0 bridgehead atoms. The van der Waals surface area contributed by atoms with E-state index >= 15 is 0 Å². The van der Waals surface area contributed by atoms with E-state index in [-0.39, 0.29) is 43.6 Å². The average molecular weight is 326 g/mol. The van der Waals surface area contributed by atoms with Crippen molar-refractivity contribution in [1.29, 1.82) is 0 Å². The lowest BCUT2D eigenvalue weighted by Crippen LogP contribution is -2.46. The lowest BCUT2D eigenvalue weighted by molar-refractivity contribution is -0.123. The van der Waals surface area contributed by atoms with Crippen LogP contribution in [-0.4, -0.2) is 48.2 Å². The lowest BCUT2D eigenvalue weighted by Gasteiger charge is -2.34. The molecule has 0 spiro atoms. The molecule has 2 rings (SSSR count). The van der Waals surface area contributed by atoms with Gasteiger partial charge in [-0.25, -0.2) is 8.78 Å². The van der Waals surface area contributed by atoms with Gasteiger partial charge in [0.2, 0.25) is 5.91 Å². The Morgan fingerprint density at radius 2 is 2.04 bits per heavy atom. The Labute approximate surface area is 135 Å². The Morgan fingerprint density at radius 3 is 2.74 bits per heavy atom. The molecule has 1 amide bonds. The summed E-state index contributed by atoms with van der Waals surface area (Å²) in [6, 6.07) is 3.99. The van der Waals surface area contributed by atoms with E-state index in [4.69, 9.17) is 5.11 Å². The van der Waals surface area contributed by atoms with Crippen LogP contribution in [0, 0.1) is 11.6 Å². The number of hydrogen-bond acceptors (Lipinski definition) is 3. The Morgan fingerprint density at radius 1 is 1.30 bits per heavy atom.